The second-order valence-electron chi connectivity index (χ2n) is 6.93. The molecule has 1 aromatic carbocycles. The van der Waals surface area contributed by atoms with Crippen molar-refractivity contribution in [2.45, 2.75) is 13.5 Å². The Balaban J connectivity index is 1.49. The van der Waals surface area contributed by atoms with E-state index in [0.29, 0.717) is 23.6 Å². The lowest BCUT2D eigenvalue weighted by molar-refractivity contribution is -0.121. The highest BCUT2D eigenvalue weighted by Crippen LogP contribution is 2.11. The summed E-state index contributed by atoms with van der Waals surface area (Å²) in [6, 6.07) is 7.13. The van der Waals surface area contributed by atoms with E-state index in [2.05, 4.69) is 29.1 Å². The van der Waals surface area contributed by atoms with Gasteiger partial charge in [-0.1, -0.05) is 19.1 Å². The minimum atomic E-state index is -0.498. The van der Waals surface area contributed by atoms with Crippen LogP contribution in [0.4, 0.5) is 0 Å². The van der Waals surface area contributed by atoms with Crippen LogP contribution in [0.25, 0.3) is 11.1 Å². The zero-order chi connectivity index (χ0) is 17.8. The Kier molecular flexibility index (Phi) is 5.55. The first kappa shape index (κ1) is 17.7. The molecule has 7 nitrogen and oxygen atoms in total. The molecule has 1 aromatic heterocycles. The van der Waals surface area contributed by atoms with E-state index >= 15 is 0 Å². The van der Waals surface area contributed by atoms with E-state index in [0.717, 1.165) is 32.7 Å². The first-order valence-electron chi connectivity index (χ1n) is 8.79. The van der Waals surface area contributed by atoms with Gasteiger partial charge in [-0.25, -0.2) is 4.79 Å². The lowest BCUT2D eigenvalue weighted by Gasteiger charge is -2.33. The fourth-order valence-electron chi connectivity index (χ4n) is 3.19. The Labute approximate surface area is 147 Å². The number of para-hydroxylation sites is 2. The van der Waals surface area contributed by atoms with Gasteiger partial charge in [0.1, 0.15) is 6.54 Å². The number of nitrogens with one attached hydrogen (secondary N) is 1. The maximum Gasteiger partial charge on any atom is 0.420 e. The highest BCUT2D eigenvalue weighted by Gasteiger charge is 2.17. The number of rotatable bonds is 6. The van der Waals surface area contributed by atoms with Crippen molar-refractivity contribution < 1.29 is 9.21 Å². The highest BCUT2D eigenvalue weighted by atomic mass is 16.4. The summed E-state index contributed by atoms with van der Waals surface area (Å²) in [6.45, 7) is 8.04. The standard InChI is InChI=1S/C18H26N4O3/c1-14(12-21-9-7-20(2)8-10-21)11-19-17(23)13-22-15-5-3-4-6-16(15)25-18(22)24/h3-6,14H,7-13H2,1-2H3,(H,19,23). The molecule has 0 saturated carbocycles. The van der Waals surface area contributed by atoms with Crippen LogP contribution in [0.1, 0.15) is 6.92 Å². The molecule has 0 bridgehead atoms. The molecule has 1 unspecified atom stereocenters. The van der Waals surface area contributed by atoms with Crippen LogP contribution in [-0.4, -0.2) is 66.6 Å². The van der Waals surface area contributed by atoms with Gasteiger partial charge < -0.3 is 19.5 Å². The number of aromatic nitrogens is 1. The molecular weight excluding hydrogens is 320 g/mol. The number of likely N-dealkylation sites (N-methyl/N-ethyl adjacent to an activating group) is 1. The molecule has 7 heteroatoms. The summed E-state index contributed by atoms with van der Waals surface area (Å²) in [5, 5.41) is 2.93. The number of nitrogens with zero attached hydrogens (tertiary/aromatic N) is 3. The Morgan fingerprint density at radius 2 is 1.96 bits per heavy atom. The van der Waals surface area contributed by atoms with Gasteiger partial charge in [0.2, 0.25) is 5.91 Å². The molecule has 3 rings (SSSR count). The number of amides is 1. The lowest BCUT2D eigenvalue weighted by atomic mass is 10.1. The van der Waals surface area contributed by atoms with Crippen LogP contribution < -0.4 is 11.1 Å². The fourth-order valence-corrected chi connectivity index (χ4v) is 3.19. The molecular formula is C18H26N4O3. The van der Waals surface area contributed by atoms with E-state index in [4.69, 9.17) is 4.42 Å². The average molecular weight is 346 g/mol. The number of piperazine rings is 1. The zero-order valence-corrected chi connectivity index (χ0v) is 14.9. The van der Waals surface area contributed by atoms with E-state index in [1.54, 1.807) is 18.2 Å². The Hall–Kier alpha value is -2.12. The third-order valence-electron chi connectivity index (χ3n) is 4.69. The molecule has 1 aliphatic rings. The topological polar surface area (TPSA) is 70.7 Å². The van der Waals surface area contributed by atoms with E-state index in [-0.39, 0.29) is 12.5 Å². The van der Waals surface area contributed by atoms with Crippen molar-refractivity contribution in [3.05, 3.63) is 34.8 Å². The molecule has 0 radical (unpaired) electrons. The number of hydrogen-bond acceptors (Lipinski definition) is 5. The summed E-state index contributed by atoms with van der Waals surface area (Å²) in [7, 11) is 2.14. The van der Waals surface area contributed by atoms with Gasteiger partial charge in [-0.2, -0.15) is 0 Å². The summed E-state index contributed by atoms with van der Waals surface area (Å²) < 4.78 is 6.52. The minimum absolute atomic E-state index is 0.0168. The SMILES string of the molecule is CC(CNC(=O)Cn1c(=O)oc2ccccc21)CN1CCN(C)CC1. The second-order valence-corrected chi connectivity index (χ2v) is 6.93. The van der Waals surface area contributed by atoms with E-state index in [1.807, 2.05) is 6.07 Å². The molecule has 136 valence electrons. The van der Waals surface area contributed by atoms with Crippen molar-refractivity contribution in [2.24, 2.45) is 5.92 Å². The van der Waals surface area contributed by atoms with Gasteiger partial charge in [0.25, 0.3) is 0 Å². The summed E-state index contributed by atoms with van der Waals surface area (Å²) >= 11 is 0. The van der Waals surface area contributed by atoms with Crippen molar-refractivity contribution in [1.29, 1.82) is 0 Å². The third kappa shape index (κ3) is 4.49. The number of carbonyl (C=O) groups is 1. The van der Waals surface area contributed by atoms with Crippen LogP contribution in [0.3, 0.4) is 0 Å². The van der Waals surface area contributed by atoms with Gasteiger partial charge in [0, 0.05) is 39.3 Å². The van der Waals surface area contributed by atoms with E-state index < -0.39 is 5.76 Å². The van der Waals surface area contributed by atoms with Gasteiger partial charge in [-0.3, -0.25) is 9.36 Å². The smallest absolute Gasteiger partial charge is 0.408 e. The van der Waals surface area contributed by atoms with Crippen molar-refractivity contribution in [3.8, 4) is 0 Å². The van der Waals surface area contributed by atoms with Gasteiger partial charge in [0.15, 0.2) is 5.58 Å². The van der Waals surface area contributed by atoms with E-state index in [9.17, 15) is 9.59 Å². The molecule has 1 aliphatic heterocycles. The van der Waals surface area contributed by atoms with Crippen molar-refractivity contribution in [2.75, 3.05) is 46.3 Å². The Morgan fingerprint density at radius 3 is 2.72 bits per heavy atom. The largest absolute Gasteiger partial charge is 0.420 e. The monoisotopic (exact) mass is 346 g/mol. The summed E-state index contributed by atoms with van der Waals surface area (Å²) in [5.41, 5.74) is 1.15. The highest BCUT2D eigenvalue weighted by molar-refractivity contribution is 5.79. The zero-order valence-electron chi connectivity index (χ0n) is 14.9. The number of oxazole rings is 1. The Morgan fingerprint density at radius 1 is 1.24 bits per heavy atom. The second kappa shape index (κ2) is 7.84. The molecule has 2 aromatic rings. The predicted molar refractivity (Wildman–Crippen MR) is 96.6 cm³/mol. The summed E-state index contributed by atoms with van der Waals surface area (Å²) in [4.78, 5) is 28.9. The first-order chi connectivity index (χ1) is 12.0. The predicted octanol–water partition coefficient (Wildman–Crippen LogP) is 0.594. The Bertz CT molecular complexity index is 774. The normalized spacial score (nSPS) is 17.7. The molecule has 1 amide bonds. The molecule has 0 spiro atoms. The molecule has 1 atom stereocenters. The number of hydrogen-bond donors (Lipinski definition) is 1. The summed E-state index contributed by atoms with van der Waals surface area (Å²) in [6.07, 6.45) is 0. The van der Waals surface area contributed by atoms with Gasteiger partial charge in [-0.05, 0) is 25.1 Å². The van der Waals surface area contributed by atoms with Crippen LogP contribution in [0.15, 0.2) is 33.5 Å². The number of carbonyl (C=O) groups excluding carboxylic acids is 1. The van der Waals surface area contributed by atoms with Crippen LogP contribution in [0.5, 0.6) is 0 Å². The molecule has 1 saturated heterocycles. The average Bonchev–Trinajstić information content (AvgIpc) is 2.91. The maximum atomic E-state index is 12.2. The van der Waals surface area contributed by atoms with Gasteiger partial charge in [0.05, 0.1) is 5.52 Å². The van der Waals surface area contributed by atoms with Crippen LogP contribution >= 0.6 is 0 Å². The van der Waals surface area contributed by atoms with Gasteiger partial charge >= 0.3 is 5.76 Å². The number of fused-ring (bicyclic) bond motifs is 1. The van der Waals surface area contributed by atoms with Crippen LogP contribution in [0, 0.1) is 5.92 Å². The van der Waals surface area contributed by atoms with Crippen molar-refractivity contribution in [3.63, 3.8) is 0 Å². The van der Waals surface area contributed by atoms with Crippen molar-refractivity contribution >= 4 is 17.0 Å². The van der Waals surface area contributed by atoms with Crippen LogP contribution in [0.2, 0.25) is 0 Å². The molecule has 2 heterocycles. The first-order valence-corrected chi connectivity index (χ1v) is 8.79. The molecule has 1 N–H and O–H groups in total. The molecule has 1 fully saturated rings. The third-order valence-corrected chi connectivity index (χ3v) is 4.69. The molecule has 25 heavy (non-hydrogen) atoms. The minimum Gasteiger partial charge on any atom is -0.408 e. The summed E-state index contributed by atoms with van der Waals surface area (Å²) in [5.74, 6) is -0.300. The molecule has 0 aliphatic carbocycles. The van der Waals surface area contributed by atoms with Gasteiger partial charge in [-0.15, -0.1) is 0 Å². The van der Waals surface area contributed by atoms with Crippen molar-refractivity contribution in [1.82, 2.24) is 19.7 Å². The quantitative estimate of drug-likeness (QED) is 0.829. The lowest BCUT2D eigenvalue weighted by Crippen LogP contribution is -2.47. The maximum absolute atomic E-state index is 12.2. The van der Waals surface area contributed by atoms with E-state index in [1.165, 1.54) is 4.57 Å². The number of benzene rings is 1. The fraction of sp³-hybridized carbons (Fsp3) is 0.556. The van der Waals surface area contributed by atoms with Crippen LogP contribution in [-0.2, 0) is 11.3 Å².